The molecular formula is C21H23BrClNS. The highest BCUT2D eigenvalue weighted by atomic mass is 79.9. The summed E-state index contributed by atoms with van der Waals surface area (Å²) in [6.07, 6.45) is 1.30. The molecule has 4 unspecified atom stereocenters. The molecule has 25 heavy (non-hydrogen) atoms. The van der Waals surface area contributed by atoms with Crippen molar-refractivity contribution < 1.29 is 0 Å². The molecule has 2 aliphatic rings. The molecule has 2 fully saturated rings. The number of benzene rings is 2. The molecule has 1 aliphatic carbocycles. The number of piperidine rings is 1. The third-order valence-electron chi connectivity index (χ3n) is 5.55. The zero-order chi connectivity index (χ0) is 17.6. The molecule has 0 radical (unpaired) electrons. The molecule has 1 saturated heterocycles. The summed E-state index contributed by atoms with van der Waals surface area (Å²) < 4.78 is 0. The fraction of sp³-hybridized carbons (Fsp3) is 0.429. The topological polar surface area (TPSA) is 3.24 Å². The minimum absolute atomic E-state index is 0.602. The molecule has 0 N–H and O–H groups in total. The van der Waals surface area contributed by atoms with E-state index in [9.17, 15) is 0 Å². The Balaban J connectivity index is 1.53. The van der Waals surface area contributed by atoms with Gasteiger partial charge in [0.05, 0.1) is 0 Å². The van der Waals surface area contributed by atoms with E-state index in [2.05, 4.69) is 88.9 Å². The van der Waals surface area contributed by atoms with Gasteiger partial charge in [0, 0.05) is 39.1 Å². The van der Waals surface area contributed by atoms with Crippen molar-refractivity contribution in [3.63, 3.8) is 0 Å². The van der Waals surface area contributed by atoms with E-state index in [1.54, 1.807) is 0 Å². The lowest BCUT2D eigenvalue weighted by molar-refractivity contribution is 0.211. The highest BCUT2D eigenvalue weighted by Gasteiger charge is 2.51. The average molecular weight is 437 g/mol. The van der Waals surface area contributed by atoms with Gasteiger partial charge in [-0.1, -0.05) is 57.9 Å². The van der Waals surface area contributed by atoms with Crippen LogP contribution in [0.25, 0.3) is 0 Å². The Morgan fingerprint density at radius 3 is 2.64 bits per heavy atom. The molecule has 1 heterocycles. The van der Waals surface area contributed by atoms with Gasteiger partial charge in [0.25, 0.3) is 0 Å². The van der Waals surface area contributed by atoms with Crippen LogP contribution in [0.1, 0.15) is 23.1 Å². The van der Waals surface area contributed by atoms with E-state index in [4.69, 9.17) is 11.6 Å². The normalized spacial score (nSPS) is 28.6. The molecule has 4 rings (SSSR count). The number of fused-ring (bicyclic) bond motifs is 2. The van der Waals surface area contributed by atoms with Crippen molar-refractivity contribution >= 4 is 39.3 Å². The quantitative estimate of drug-likeness (QED) is 0.534. The maximum Gasteiger partial charge on any atom is 0.0438 e. The molecule has 0 aromatic heterocycles. The first-order valence-corrected chi connectivity index (χ1v) is 11.1. The molecule has 2 aromatic carbocycles. The van der Waals surface area contributed by atoms with Gasteiger partial charge in [-0.3, -0.25) is 4.90 Å². The molecule has 2 bridgehead atoms. The van der Waals surface area contributed by atoms with Crippen molar-refractivity contribution in [2.75, 3.05) is 6.54 Å². The number of hydrogen-bond acceptors (Lipinski definition) is 2. The monoisotopic (exact) mass is 435 g/mol. The van der Waals surface area contributed by atoms with Gasteiger partial charge in [-0.05, 0) is 55.0 Å². The van der Waals surface area contributed by atoms with Crippen LogP contribution in [0.2, 0.25) is 5.02 Å². The second-order valence-corrected chi connectivity index (χ2v) is 10.1. The van der Waals surface area contributed by atoms with Crippen LogP contribution in [0.4, 0.5) is 0 Å². The lowest BCUT2D eigenvalue weighted by Crippen LogP contribution is -2.40. The van der Waals surface area contributed by atoms with Crippen LogP contribution in [0.15, 0.2) is 47.4 Å². The number of aryl methyl sites for hydroxylation is 2. The summed E-state index contributed by atoms with van der Waals surface area (Å²) >= 11 is 12.3. The Hall–Kier alpha value is -0.480. The molecule has 0 amide bonds. The van der Waals surface area contributed by atoms with Gasteiger partial charge in [0.1, 0.15) is 0 Å². The Bertz CT molecular complexity index is 766. The number of nitrogens with zero attached hydrogens (tertiary/aromatic N) is 1. The van der Waals surface area contributed by atoms with E-state index in [0.29, 0.717) is 16.1 Å². The van der Waals surface area contributed by atoms with Crippen molar-refractivity contribution in [2.45, 2.75) is 47.8 Å². The van der Waals surface area contributed by atoms with Crippen molar-refractivity contribution in [1.82, 2.24) is 4.90 Å². The Kier molecular flexibility index (Phi) is 5.20. The van der Waals surface area contributed by atoms with Crippen LogP contribution in [0, 0.1) is 19.8 Å². The molecule has 132 valence electrons. The predicted octanol–water partition coefficient (Wildman–Crippen LogP) is 6.09. The van der Waals surface area contributed by atoms with Crippen LogP contribution in [0.5, 0.6) is 0 Å². The van der Waals surface area contributed by atoms with Crippen LogP contribution in [-0.4, -0.2) is 27.6 Å². The Labute approximate surface area is 168 Å². The number of likely N-dealkylation sites (tertiary alicyclic amines) is 1. The van der Waals surface area contributed by atoms with Gasteiger partial charge in [0.15, 0.2) is 0 Å². The summed E-state index contributed by atoms with van der Waals surface area (Å²) in [5, 5.41) is 1.52. The van der Waals surface area contributed by atoms with Crippen molar-refractivity contribution in [1.29, 1.82) is 0 Å². The van der Waals surface area contributed by atoms with E-state index < -0.39 is 0 Å². The molecule has 0 spiro atoms. The van der Waals surface area contributed by atoms with Crippen LogP contribution < -0.4 is 0 Å². The summed E-state index contributed by atoms with van der Waals surface area (Å²) in [4.78, 5) is 4.68. The minimum atomic E-state index is 0.602. The second-order valence-electron chi connectivity index (χ2n) is 7.37. The van der Waals surface area contributed by atoms with Gasteiger partial charge in [0.2, 0.25) is 0 Å². The van der Waals surface area contributed by atoms with E-state index >= 15 is 0 Å². The fourth-order valence-corrected chi connectivity index (χ4v) is 7.38. The van der Waals surface area contributed by atoms with E-state index in [1.165, 1.54) is 34.6 Å². The van der Waals surface area contributed by atoms with Gasteiger partial charge in [-0.25, -0.2) is 0 Å². The van der Waals surface area contributed by atoms with Gasteiger partial charge in [-0.2, -0.15) is 0 Å². The highest BCUT2D eigenvalue weighted by molar-refractivity contribution is 9.09. The fourth-order valence-electron chi connectivity index (χ4n) is 4.24. The molecule has 1 aliphatic heterocycles. The van der Waals surface area contributed by atoms with E-state index in [-0.39, 0.29) is 0 Å². The maximum atomic E-state index is 6.28. The number of halogens is 2. The molecular weight excluding hydrogens is 414 g/mol. The van der Waals surface area contributed by atoms with Crippen LogP contribution in [-0.2, 0) is 6.54 Å². The average Bonchev–Trinajstić information content (AvgIpc) is 3.04. The lowest BCUT2D eigenvalue weighted by Gasteiger charge is -2.33. The smallest absolute Gasteiger partial charge is 0.0438 e. The molecule has 1 saturated carbocycles. The summed E-state index contributed by atoms with van der Waals surface area (Å²) in [7, 11) is 0. The third-order valence-corrected chi connectivity index (χ3v) is 8.71. The van der Waals surface area contributed by atoms with Crippen molar-refractivity contribution in [3.05, 3.63) is 64.2 Å². The number of hydrogen-bond donors (Lipinski definition) is 0. The van der Waals surface area contributed by atoms with Crippen LogP contribution in [0.3, 0.4) is 0 Å². The predicted molar refractivity (Wildman–Crippen MR) is 112 cm³/mol. The zero-order valence-corrected chi connectivity index (χ0v) is 17.7. The van der Waals surface area contributed by atoms with Crippen molar-refractivity contribution in [3.8, 4) is 0 Å². The Morgan fingerprint density at radius 1 is 1.16 bits per heavy atom. The first kappa shape index (κ1) is 17.9. The first-order valence-electron chi connectivity index (χ1n) is 8.88. The molecule has 4 heteroatoms. The number of alkyl halides is 1. The Morgan fingerprint density at radius 2 is 1.92 bits per heavy atom. The van der Waals surface area contributed by atoms with Crippen molar-refractivity contribution in [2.24, 2.45) is 5.92 Å². The lowest BCUT2D eigenvalue weighted by atomic mass is 10.1. The van der Waals surface area contributed by atoms with E-state index in [0.717, 1.165) is 17.5 Å². The molecule has 4 atom stereocenters. The zero-order valence-electron chi connectivity index (χ0n) is 14.6. The highest BCUT2D eigenvalue weighted by Crippen LogP contribution is 2.50. The summed E-state index contributed by atoms with van der Waals surface area (Å²) in [5.41, 5.74) is 3.88. The summed E-state index contributed by atoms with van der Waals surface area (Å²) in [6, 6.07) is 15.8. The third kappa shape index (κ3) is 3.53. The minimum Gasteiger partial charge on any atom is -0.294 e. The maximum absolute atomic E-state index is 6.28. The number of rotatable bonds is 4. The van der Waals surface area contributed by atoms with Crippen LogP contribution >= 0.6 is 39.3 Å². The van der Waals surface area contributed by atoms with Gasteiger partial charge in [-0.15, -0.1) is 11.8 Å². The largest absolute Gasteiger partial charge is 0.294 e. The molecule has 1 nitrogen and oxygen atoms in total. The first-order chi connectivity index (χ1) is 12.0. The van der Waals surface area contributed by atoms with Gasteiger partial charge >= 0.3 is 0 Å². The second kappa shape index (κ2) is 7.26. The van der Waals surface area contributed by atoms with E-state index in [1.807, 2.05) is 0 Å². The molecule has 2 aromatic rings. The van der Waals surface area contributed by atoms with Gasteiger partial charge < -0.3 is 0 Å². The summed E-state index contributed by atoms with van der Waals surface area (Å²) in [6.45, 7) is 6.54. The summed E-state index contributed by atoms with van der Waals surface area (Å²) in [5.74, 6) is 0.764. The SMILES string of the molecule is Cc1cc(SC2CC3CN(Cc4ccccc4)C2C3Br)c(C)cc1Cl. The number of thioether (sulfide) groups is 1. The standard InChI is InChI=1S/C21H23BrClNS/c1-13-9-18(14(2)8-17(13)23)25-19-10-16-12-24(21(19)20(16)22)11-15-6-4-3-5-7-15/h3-9,16,19-21H,10-12H2,1-2H3.